The van der Waals surface area contributed by atoms with E-state index < -0.39 is 24.2 Å². The van der Waals surface area contributed by atoms with Crippen molar-refractivity contribution in [3.05, 3.63) is 35.4 Å². The van der Waals surface area contributed by atoms with Crippen molar-refractivity contribution < 1.29 is 22.0 Å². The molecule has 1 unspecified atom stereocenters. The second kappa shape index (κ2) is 10.7. The topological polar surface area (TPSA) is 36.4 Å². The Morgan fingerprint density at radius 1 is 1.17 bits per heavy atom. The van der Waals surface area contributed by atoms with Crippen LogP contribution in [0.5, 0.6) is 0 Å². The number of hydrogen-bond donors (Lipinski definition) is 2. The minimum Gasteiger partial charge on any atom is -0.356 e. The average Bonchev–Trinajstić information content (AvgIpc) is 2.47. The summed E-state index contributed by atoms with van der Waals surface area (Å²) in [4.78, 5) is 3.94. The number of aliphatic imine (C=N–C) groups is 1. The number of halogens is 6. The lowest BCUT2D eigenvalue weighted by Gasteiger charge is -2.18. The van der Waals surface area contributed by atoms with Gasteiger partial charge in [0.1, 0.15) is 0 Å². The van der Waals surface area contributed by atoms with Gasteiger partial charge in [-0.2, -0.15) is 13.2 Å². The molecule has 1 aromatic carbocycles. The molecule has 138 valence electrons. The quantitative estimate of drug-likeness (QED) is 0.213. The molecule has 0 fully saturated rings. The van der Waals surface area contributed by atoms with Crippen LogP contribution in [0.25, 0.3) is 0 Å². The van der Waals surface area contributed by atoms with E-state index in [1.165, 1.54) is 13.1 Å². The number of alkyl halides is 3. The maximum atomic E-state index is 13.2. The molecule has 9 heteroatoms. The first-order valence-electron chi connectivity index (χ1n) is 7.22. The van der Waals surface area contributed by atoms with Crippen molar-refractivity contribution in [2.24, 2.45) is 4.99 Å². The third-order valence-electron chi connectivity index (χ3n) is 3.20. The summed E-state index contributed by atoms with van der Waals surface area (Å²) in [7, 11) is 1.52. The van der Waals surface area contributed by atoms with Gasteiger partial charge in [0.15, 0.2) is 17.6 Å². The van der Waals surface area contributed by atoms with Crippen LogP contribution in [0.2, 0.25) is 0 Å². The smallest absolute Gasteiger partial charge is 0.356 e. The first kappa shape index (κ1) is 22.9. The standard InChI is InChI=1S/C15H20F5N3.HI/c1-10(11-5-6-12(16)13(17)9-11)23-14(21-2)22-8-4-3-7-15(18,19)20;/h5-6,9-10H,3-4,7-8H2,1-2H3,(H2,21,22,23);1H. The maximum absolute atomic E-state index is 13.2. The molecule has 0 aromatic heterocycles. The summed E-state index contributed by atoms with van der Waals surface area (Å²) in [6.45, 7) is 2.07. The minimum atomic E-state index is -4.14. The molecule has 0 spiro atoms. The van der Waals surface area contributed by atoms with Crippen LogP contribution in [0.15, 0.2) is 23.2 Å². The molecule has 0 aliphatic rings. The Hall–Kier alpha value is -1.13. The molecule has 1 atom stereocenters. The number of rotatable bonds is 6. The lowest BCUT2D eigenvalue weighted by Crippen LogP contribution is -2.39. The van der Waals surface area contributed by atoms with E-state index in [-0.39, 0.29) is 36.4 Å². The normalized spacial score (nSPS) is 13.2. The number of guanidine groups is 1. The minimum absolute atomic E-state index is 0. The van der Waals surface area contributed by atoms with E-state index in [1.54, 1.807) is 6.92 Å². The molecule has 0 amide bonds. The summed E-state index contributed by atoms with van der Waals surface area (Å²) >= 11 is 0. The van der Waals surface area contributed by atoms with Crippen LogP contribution in [0.1, 0.15) is 37.8 Å². The molecular weight excluding hydrogens is 444 g/mol. The summed E-state index contributed by atoms with van der Waals surface area (Å²) in [6, 6.07) is 3.23. The average molecular weight is 465 g/mol. The van der Waals surface area contributed by atoms with E-state index in [0.29, 0.717) is 24.5 Å². The lowest BCUT2D eigenvalue weighted by atomic mass is 10.1. The molecule has 1 rings (SSSR count). The van der Waals surface area contributed by atoms with Crippen LogP contribution in [-0.4, -0.2) is 25.7 Å². The van der Waals surface area contributed by atoms with Gasteiger partial charge in [-0.05, 0) is 37.5 Å². The van der Waals surface area contributed by atoms with Crippen molar-refractivity contribution in [2.75, 3.05) is 13.6 Å². The number of hydrogen-bond acceptors (Lipinski definition) is 1. The Labute approximate surface area is 155 Å². The SMILES string of the molecule is CN=C(NCCCCC(F)(F)F)NC(C)c1ccc(F)c(F)c1.I. The highest BCUT2D eigenvalue weighted by Crippen LogP contribution is 2.21. The fraction of sp³-hybridized carbons (Fsp3) is 0.533. The predicted molar refractivity (Wildman–Crippen MR) is 94.6 cm³/mol. The van der Waals surface area contributed by atoms with Crippen LogP contribution in [0.4, 0.5) is 22.0 Å². The number of unbranched alkanes of at least 4 members (excludes halogenated alkanes) is 1. The van der Waals surface area contributed by atoms with Crippen molar-refractivity contribution in [1.82, 2.24) is 10.6 Å². The van der Waals surface area contributed by atoms with E-state index in [4.69, 9.17) is 0 Å². The first-order valence-corrected chi connectivity index (χ1v) is 7.22. The molecule has 24 heavy (non-hydrogen) atoms. The molecule has 0 radical (unpaired) electrons. The van der Waals surface area contributed by atoms with Crippen molar-refractivity contribution in [3.8, 4) is 0 Å². The molecule has 0 aliphatic carbocycles. The third-order valence-corrected chi connectivity index (χ3v) is 3.20. The van der Waals surface area contributed by atoms with Gasteiger partial charge >= 0.3 is 6.18 Å². The highest BCUT2D eigenvalue weighted by molar-refractivity contribution is 14.0. The zero-order valence-corrected chi connectivity index (χ0v) is 15.7. The van der Waals surface area contributed by atoms with Gasteiger partial charge in [0.25, 0.3) is 0 Å². The summed E-state index contributed by atoms with van der Waals surface area (Å²) in [5.74, 6) is -1.48. The summed E-state index contributed by atoms with van der Waals surface area (Å²) < 4.78 is 62.1. The summed E-state index contributed by atoms with van der Waals surface area (Å²) in [5, 5.41) is 5.85. The van der Waals surface area contributed by atoms with E-state index in [2.05, 4.69) is 15.6 Å². The van der Waals surface area contributed by atoms with E-state index in [1.807, 2.05) is 0 Å². The van der Waals surface area contributed by atoms with E-state index >= 15 is 0 Å². The van der Waals surface area contributed by atoms with Crippen LogP contribution in [0.3, 0.4) is 0 Å². The van der Waals surface area contributed by atoms with Gasteiger partial charge < -0.3 is 10.6 Å². The number of nitrogens with zero attached hydrogens (tertiary/aromatic N) is 1. The molecule has 0 saturated heterocycles. The molecular formula is C15H21F5IN3. The second-order valence-corrected chi connectivity index (χ2v) is 5.11. The van der Waals surface area contributed by atoms with Gasteiger partial charge in [-0.3, -0.25) is 4.99 Å². The highest BCUT2D eigenvalue weighted by atomic mass is 127. The maximum Gasteiger partial charge on any atom is 0.389 e. The fourth-order valence-electron chi connectivity index (χ4n) is 1.92. The predicted octanol–water partition coefficient (Wildman–Crippen LogP) is 4.54. The molecule has 2 N–H and O–H groups in total. The monoisotopic (exact) mass is 465 g/mol. The Kier molecular flexibility index (Phi) is 10.2. The zero-order chi connectivity index (χ0) is 17.5. The summed E-state index contributed by atoms with van der Waals surface area (Å²) in [5.41, 5.74) is 0.531. The molecule has 1 aromatic rings. The molecule has 0 bridgehead atoms. The molecule has 0 heterocycles. The highest BCUT2D eigenvalue weighted by Gasteiger charge is 2.25. The van der Waals surface area contributed by atoms with Crippen molar-refractivity contribution >= 4 is 29.9 Å². The van der Waals surface area contributed by atoms with Crippen LogP contribution in [-0.2, 0) is 0 Å². The number of benzene rings is 1. The van der Waals surface area contributed by atoms with Crippen LogP contribution in [0, 0.1) is 11.6 Å². The zero-order valence-electron chi connectivity index (χ0n) is 13.4. The molecule has 3 nitrogen and oxygen atoms in total. The van der Waals surface area contributed by atoms with Gasteiger partial charge in [-0.25, -0.2) is 8.78 Å². The van der Waals surface area contributed by atoms with Crippen LogP contribution < -0.4 is 10.6 Å². The van der Waals surface area contributed by atoms with Crippen LogP contribution >= 0.6 is 24.0 Å². The van der Waals surface area contributed by atoms with Gasteiger partial charge in [-0.1, -0.05) is 6.07 Å². The Balaban J connectivity index is 0.00000529. The van der Waals surface area contributed by atoms with Gasteiger partial charge in [-0.15, -0.1) is 24.0 Å². The van der Waals surface area contributed by atoms with Gasteiger partial charge in [0.2, 0.25) is 0 Å². The fourth-order valence-corrected chi connectivity index (χ4v) is 1.92. The van der Waals surface area contributed by atoms with Gasteiger partial charge in [0.05, 0.1) is 6.04 Å². The van der Waals surface area contributed by atoms with Crippen molar-refractivity contribution in [3.63, 3.8) is 0 Å². The van der Waals surface area contributed by atoms with Crippen molar-refractivity contribution in [1.29, 1.82) is 0 Å². The summed E-state index contributed by atoms with van der Waals surface area (Å²) in [6.07, 6.45) is -4.57. The Morgan fingerprint density at radius 2 is 1.83 bits per heavy atom. The van der Waals surface area contributed by atoms with E-state index in [9.17, 15) is 22.0 Å². The van der Waals surface area contributed by atoms with Gasteiger partial charge in [0, 0.05) is 20.0 Å². The molecule has 0 saturated carbocycles. The number of nitrogens with one attached hydrogen (secondary N) is 2. The third kappa shape index (κ3) is 8.65. The lowest BCUT2D eigenvalue weighted by molar-refractivity contribution is -0.135. The molecule has 0 aliphatic heterocycles. The van der Waals surface area contributed by atoms with Crippen molar-refractivity contribution in [2.45, 2.75) is 38.4 Å². The Bertz CT molecular complexity index is 534. The second-order valence-electron chi connectivity index (χ2n) is 5.11. The first-order chi connectivity index (χ1) is 10.7. The largest absolute Gasteiger partial charge is 0.389 e. The van der Waals surface area contributed by atoms with E-state index in [0.717, 1.165) is 12.1 Å². The Morgan fingerprint density at radius 3 is 2.38 bits per heavy atom.